The van der Waals surface area contributed by atoms with Crippen molar-refractivity contribution >= 4 is 0 Å². The van der Waals surface area contributed by atoms with Crippen LogP contribution >= 0.6 is 0 Å². The van der Waals surface area contributed by atoms with E-state index in [0.717, 1.165) is 11.7 Å². The molecule has 0 heterocycles. The molecule has 0 unspecified atom stereocenters. The average molecular weight is 247 g/mol. The van der Waals surface area contributed by atoms with E-state index in [-0.39, 0.29) is 0 Å². The van der Waals surface area contributed by atoms with Crippen LogP contribution in [0, 0.1) is 5.92 Å². The van der Waals surface area contributed by atoms with E-state index in [2.05, 4.69) is 37.4 Å². The van der Waals surface area contributed by atoms with Gasteiger partial charge in [-0.25, -0.2) is 0 Å². The smallest absolute Gasteiger partial charge is 0.119 e. The molecule has 1 fully saturated rings. The number of rotatable bonds is 4. The third kappa shape index (κ3) is 3.49. The highest BCUT2D eigenvalue weighted by Gasteiger charge is 2.19. The molecule has 0 spiro atoms. The summed E-state index contributed by atoms with van der Waals surface area (Å²) in [5.74, 6) is 1.86. The minimum absolute atomic E-state index is 0.401. The van der Waals surface area contributed by atoms with E-state index in [9.17, 15) is 0 Å². The van der Waals surface area contributed by atoms with Crippen LogP contribution < -0.4 is 10.1 Å². The minimum atomic E-state index is 0.401. The monoisotopic (exact) mass is 247 g/mol. The zero-order chi connectivity index (χ0) is 13.0. The Kier molecular flexibility index (Phi) is 4.65. The fourth-order valence-corrected chi connectivity index (χ4v) is 2.79. The van der Waals surface area contributed by atoms with Crippen LogP contribution in [0.3, 0.4) is 0 Å². The van der Waals surface area contributed by atoms with Crippen LogP contribution in [-0.4, -0.2) is 13.2 Å². The van der Waals surface area contributed by atoms with Gasteiger partial charge in [-0.2, -0.15) is 0 Å². The maximum atomic E-state index is 5.28. The molecule has 0 radical (unpaired) electrons. The second kappa shape index (κ2) is 6.24. The van der Waals surface area contributed by atoms with E-state index in [0.29, 0.717) is 12.1 Å². The number of hydrogen-bond acceptors (Lipinski definition) is 2. The molecule has 0 saturated heterocycles. The second-order valence-corrected chi connectivity index (χ2v) is 5.62. The number of ether oxygens (including phenoxy) is 1. The molecular weight excluding hydrogens is 222 g/mol. The summed E-state index contributed by atoms with van der Waals surface area (Å²) in [7, 11) is 1.72. The molecule has 0 amide bonds. The van der Waals surface area contributed by atoms with Gasteiger partial charge in [-0.3, -0.25) is 0 Å². The van der Waals surface area contributed by atoms with Gasteiger partial charge in [-0.1, -0.05) is 19.1 Å². The first-order valence-electron chi connectivity index (χ1n) is 7.09. The van der Waals surface area contributed by atoms with Gasteiger partial charge >= 0.3 is 0 Å². The van der Waals surface area contributed by atoms with Gasteiger partial charge in [-0.15, -0.1) is 0 Å². The lowest BCUT2D eigenvalue weighted by Gasteiger charge is -2.30. The van der Waals surface area contributed by atoms with E-state index >= 15 is 0 Å². The van der Waals surface area contributed by atoms with Gasteiger partial charge in [0.05, 0.1) is 7.11 Å². The Bertz CT molecular complexity index is 369. The third-order valence-electron chi connectivity index (χ3n) is 4.10. The van der Waals surface area contributed by atoms with Gasteiger partial charge in [0, 0.05) is 12.1 Å². The zero-order valence-corrected chi connectivity index (χ0v) is 11.8. The summed E-state index contributed by atoms with van der Waals surface area (Å²) in [6.07, 6.45) is 5.36. The SMILES string of the molecule is COc1cccc([C@H](C)NC2CCC(C)CC2)c1. The highest BCUT2D eigenvalue weighted by Crippen LogP contribution is 2.26. The van der Waals surface area contributed by atoms with Gasteiger partial charge < -0.3 is 10.1 Å². The van der Waals surface area contributed by atoms with E-state index in [1.165, 1.54) is 31.2 Å². The maximum Gasteiger partial charge on any atom is 0.119 e. The fourth-order valence-electron chi connectivity index (χ4n) is 2.79. The number of benzene rings is 1. The fraction of sp³-hybridized carbons (Fsp3) is 0.625. The van der Waals surface area contributed by atoms with Crippen molar-refractivity contribution in [3.8, 4) is 5.75 Å². The summed E-state index contributed by atoms with van der Waals surface area (Å²) in [5, 5.41) is 3.75. The van der Waals surface area contributed by atoms with Crippen LogP contribution in [0.2, 0.25) is 0 Å². The summed E-state index contributed by atoms with van der Waals surface area (Å²) in [6, 6.07) is 9.45. The molecule has 18 heavy (non-hydrogen) atoms. The summed E-state index contributed by atoms with van der Waals surface area (Å²) >= 11 is 0. The van der Waals surface area contributed by atoms with Crippen LogP contribution in [-0.2, 0) is 0 Å². The molecule has 1 aliphatic carbocycles. The number of hydrogen-bond donors (Lipinski definition) is 1. The van der Waals surface area contributed by atoms with Crippen molar-refractivity contribution in [1.29, 1.82) is 0 Å². The molecule has 1 N–H and O–H groups in total. The van der Waals surface area contributed by atoms with E-state index in [1.54, 1.807) is 7.11 Å². The first kappa shape index (κ1) is 13.4. The van der Waals surface area contributed by atoms with Crippen molar-refractivity contribution in [1.82, 2.24) is 5.32 Å². The highest BCUT2D eigenvalue weighted by molar-refractivity contribution is 5.30. The Morgan fingerprint density at radius 3 is 2.61 bits per heavy atom. The standard InChI is InChI=1S/C16H25NO/c1-12-7-9-15(10-8-12)17-13(2)14-5-4-6-16(11-14)18-3/h4-6,11-13,15,17H,7-10H2,1-3H3/t12?,13-,15?/m0/s1. The molecule has 2 heteroatoms. The van der Waals surface area contributed by atoms with Gasteiger partial charge in [0.1, 0.15) is 5.75 Å². The minimum Gasteiger partial charge on any atom is -0.497 e. The van der Waals surface area contributed by atoms with Crippen LogP contribution in [0.5, 0.6) is 5.75 Å². The molecule has 1 saturated carbocycles. The molecule has 2 rings (SSSR count). The Hall–Kier alpha value is -1.02. The first-order valence-corrected chi connectivity index (χ1v) is 7.09. The Balaban J connectivity index is 1.92. The Morgan fingerprint density at radius 2 is 1.94 bits per heavy atom. The van der Waals surface area contributed by atoms with Crippen LogP contribution in [0.15, 0.2) is 24.3 Å². The van der Waals surface area contributed by atoms with E-state index in [4.69, 9.17) is 4.74 Å². The van der Waals surface area contributed by atoms with Crippen molar-refractivity contribution in [2.24, 2.45) is 5.92 Å². The largest absolute Gasteiger partial charge is 0.497 e. The predicted molar refractivity (Wildman–Crippen MR) is 76.0 cm³/mol. The summed E-state index contributed by atoms with van der Waals surface area (Å²) in [4.78, 5) is 0. The molecule has 2 nitrogen and oxygen atoms in total. The predicted octanol–water partition coefficient (Wildman–Crippen LogP) is 3.92. The Morgan fingerprint density at radius 1 is 1.22 bits per heavy atom. The lowest BCUT2D eigenvalue weighted by molar-refractivity contribution is 0.291. The van der Waals surface area contributed by atoms with Gasteiger partial charge in [-0.05, 0) is 56.2 Å². The Labute approximate surface area is 111 Å². The van der Waals surface area contributed by atoms with Gasteiger partial charge in [0.15, 0.2) is 0 Å². The summed E-state index contributed by atoms with van der Waals surface area (Å²) in [5.41, 5.74) is 1.31. The molecule has 1 aromatic rings. The molecule has 100 valence electrons. The lowest BCUT2D eigenvalue weighted by atomic mass is 9.87. The van der Waals surface area contributed by atoms with E-state index < -0.39 is 0 Å². The topological polar surface area (TPSA) is 21.3 Å². The molecule has 0 aliphatic heterocycles. The molecule has 0 aromatic heterocycles. The van der Waals surface area contributed by atoms with Crippen molar-refractivity contribution in [3.63, 3.8) is 0 Å². The highest BCUT2D eigenvalue weighted by atomic mass is 16.5. The van der Waals surface area contributed by atoms with Crippen molar-refractivity contribution in [3.05, 3.63) is 29.8 Å². The van der Waals surface area contributed by atoms with Crippen molar-refractivity contribution in [2.45, 2.75) is 51.6 Å². The molecule has 1 aromatic carbocycles. The van der Waals surface area contributed by atoms with Crippen LogP contribution in [0.4, 0.5) is 0 Å². The second-order valence-electron chi connectivity index (χ2n) is 5.62. The van der Waals surface area contributed by atoms with Crippen molar-refractivity contribution in [2.75, 3.05) is 7.11 Å². The zero-order valence-electron chi connectivity index (χ0n) is 11.8. The number of nitrogens with one attached hydrogen (secondary N) is 1. The molecule has 0 bridgehead atoms. The van der Waals surface area contributed by atoms with E-state index in [1.807, 2.05) is 6.07 Å². The average Bonchev–Trinajstić information content (AvgIpc) is 2.41. The van der Waals surface area contributed by atoms with Crippen LogP contribution in [0.1, 0.15) is 51.1 Å². The summed E-state index contributed by atoms with van der Waals surface area (Å²) < 4.78 is 5.28. The van der Waals surface area contributed by atoms with Crippen LogP contribution in [0.25, 0.3) is 0 Å². The lowest BCUT2D eigenvalue weighted by Crippen LogP contribution is -2.34. The van der Waals surface area contributed by atoms with Gasteiger partial charge in [0.2, 0.25) is 0 Å². The first-order chi connectivity index (χ1) is 8.69. The maximum absolute atomic E-state index is 5.28. The molecule has 1 aliphatic rings. The molecule has 1 atom stereocenters. The normalized spacial score (nSPS) is 25.7. The third-order valence-corrected chi connectivity index (χ3v) is 4.10. The molecular formula is C16H25NO. The van der Waals surface area contributed by atoms with Gasteiger partial charge in [0.25, 0.3) is 0 Å². The number of methoxy groups -OCH3 is 1. The summed E-state index contributed by atoms with van der Waals surface area (Å²) in [6.45, 7) is 4.61. The van der Waals surface area contributed by atoms with Crippen molar-refractivity contribution < 1.29 is 4.74 Å². The quantitative estimate of drug-likeness (QED) is 0.870.